The third-order valence-electron chi connectivity index (χ3n) is 2.86. The number of ether oxygens (including phenoxy) is 1. The van der Waals surface area contributed by atoms with Crippen molar-refractivity contribution >= 4 is 0 Å². The van der Waals surface area contributed by atoms with Crippen LogP contribution < -0.4 is 0 Å². The minimum atomic E-state index is 0.573. The highest BCUT2D eigenvalue weighted by Gasteiger charge is 2.20. The van der Waals surface area contributed by atoms with Gasteiger partial charge >= 0.3 is 0 Å². The van der Waals surface area contributed by atoms with Crippen molar-refractivity contribution in [3.63, 3.8) is 0 Å². The second-order valence-electron chi connectivity index (χ2n) is 3.96. The lowest BCUT2D eigenvalue weighted by Crippen LogP contribution is -2.16. The van der Waals surface area contributed by atoms with Crippen LogP contribution in [0.4, 0.5) is 0 Å². The summed E-state index contributed by atoms with van der Waals surface area (Å²) >= 11 is 0. The molecule has 2 nitrogen and oxygen atoms in total. The van der Waals surface area contributed by atoms with Crippen molar-refractivity contribution in [1.82, 2.24) is 0 Å². The zero-order valence-electron chi connectivity index (χ0n) is 8.79. The molecule has 1 aliphatic rings. The van der Waals surface area contributed by atoms with Crippen LogP contribution in [0.1, 0.15) is 43.4 Å². The van der Waals surface area contributed by atoms with Crippen molar-refractivity contribution in [2.45, 2.75) is 38.5 Å². The quantitative estimate of drug-likeness (QED) is 0.737. The van der Waals surface area contributed by atoms with E-state index >= 15 is 0 Å². The zero-order valence-corrected chi connectivity index (χ0v) is 8.79. The monoisotopic (exact) mass is 194 g/mol. The molecule has 1 atom stereocenters. The van der Waals surface area contributed by atoms with Crippen molar-refractivity contribution < 1.29 is 9.15 Å². The maximum absolute atomic E-state index is 5.50. The number of rotatable bonds is 3. The molecule has 1 aromatic heterocycles. The lowest BCUT2D eigenvalue weighted by atomic mass is 9.93. The molecule has 78 valence electrons. The summed E-state index contributed by atoms with van der Waals surface area (Å²) in [4.78, 5) is 0. The van der Waals surface area contributed by atoms with E-state index in [-0.39, 0.29) is 0 Å². The fourth-order valence-corrected chi connectivity index (χ4v) is 2.13. The van der Waals surface area contributed by atoms with Crippen LogP contribution in [0, 0.1) is 0 Å². The molecule has 0 radical (unpaired) electrons. The molecule has 1 aromatic rings. The Morgan fingerprint density at radius 3 is 3.14 bits per heavy atom. The van der Waals surface area contributed by atoms with Crippen LogP contribution in [0.2, 0.25) is 0 Å². The molecule has 1 fully saturated rings. The molecule has 0 amide bonds. The van der Waals surface area contributed by atoms with Crippen LogP contribution in [0.15, 0.2) is 16.7 Å². The summed E-state index contributed by atoms with van der Waals surface area (Å²) in [6.07, 6.45) is 6.44. The van der Waals surface area contributed by atoms with Gasteiger partial charge in [-0.15, -0.1) is 0 Å². The number of furan rings is 1. The van der Waals surface area contributed by atoms with Crippen LogP contribution in [-0.2, 0) is 11.2 Å². The van der Waals surface area contributed by atoms with E-state index < -0.39 is 0 Å². The third kappa shape index (κ3) is 2.01. The Labute approximate surface area is 85.3 Å². The molecule has 0 bridgehead atoms. The summed E-state index contributed by atoms with van der Waals surface area (Å²) in [6, 6.07) is 2.12. The first kappa shape index (κ1) is 9.78. The highest BCUT2D eigenvalue weighted by atomic mass is 16.5. The van der Waals surface area contributed by atoms with Gasteiger partial charge in [-0.1, -0.05) is 6.92 Å². The molecule has 2 heterocycles. The van der Waals surface area contributed by atoms with Gasteiger partial charge in [-0.05, 0) is 30.9 Å². The Balaban J connectivity index is 2.09. The Bertz CT molecular complexity index is 272. The summed E-state index contributed by atoms with van der Waals surface area (Å²) in [5, 5.41) is 0. The molecular weight excluding hydrogens is 176 g/mol. The van der Waals surface area contributed by atoms with Gasteiger partial charge in [0.05, 0.1) is 12.9 Å². The summed E-state index contributed by atoms with van der Waals surface area (Å²) in [7, 11) is 0. The Morgan fingerprint density at radius 2 is 2.43 bits per heavy atom. The molecule has 1 unspecified atom stereocenters. The SMILES string of the molecule is CCCc1occc1C1CCCOC1. The molecule has 0 N–H and O–H groups in total. The van der Waals surface area contributed by atoms with E-state index in [0.29, 0.717) is 5.92 Å². The smallest absolute Gasteiger partial charge is 0.107 e. The lowest BCUT2D eigenvalue weighted by molar-refractivity contribution is 0.0799. The first-order chi connectivity index (χ1) is 6.92. The molecule has 14 heavy (non-hydrogen) atoms. The van der Waals surface area contributed by atoms with E-state index in [2.05, 4.69) is 13.0 Å². The van der Waals surface area contributed by atoms with Crippen LogP contribution in [-0.4, -0.2) is 13.2 Å². The Hall–Kier alpha value is -0.760. The normalized spacial score (nSPS) is 22.5. The van der Waals surface area contributed by atoms with Crippen molar-refractivity contribution in [2.75, 3.05) is 13.2 Å². The first-order valence-electron chi connectivity index (χ1n) is 5.56. The first-order valence-corrected chi connectivity index (χ1v) is 5.56. The predicted molar refractivity (Wildman–Crippen MR) is 55.5 cm³/mol. The molecule has 2 rings (SSSR count). The van der Waals surface area contributed by atoms with Gasteiger partial charge in [0.25, 0.3) is 0 Å². The van der Waals surface area contributed by atoms with Crippen molar-refractivity contribution in [3.8, 4) is 0 Å². The maximum Gasteiger partial charge on any atom is 0.107 e. The molecule has 2 heteroatoms. The van der Waals surface area contributed by atoms with E-state index in [1.165, 1.54) is 24.2 Å². The minimum Gasteiger partial charge on any atom is -0.469 e. The molecule has 0 aromatic carbocycles. The highest BCUT2D eigenvalue weighted by molar-refractivity contribution is 5.22. The topological polar surface area (TPSA) is 22.4 Å². The largest absolute Gasteiger partial charge is 0.469 e. The van der Waals surface area contributed by atoms with Crippen LogP contribution in [0.5, 0.6) is 0 Å². The van der Waals surface area contributed by atoms with Crippen LogP contribution >= 0.6 is 0 Å². The zero-order chi connectivity index (χ0) is 9.80. The second-order valence-corrected chi connectivity index (χ2v) is 3.96. The summed E-state index contributed by atoms with van der Waals surface area (Å²) in [6.45, 7) is 3.98. The van der Waals surface area contributed by atoms with Gasteiger partial charge in [-0.25, -0.2) is 0 Å². The Kier molecular flexibility index (Phi) is 3.25. The molecule has 0 spiro atoms. The van der Waals surface area contributed by atoms with Gasteiger partial charge in [0.15, 0.2) is 0 Å². The fraction of sp³-hybridized carbons (Fsp3) is 0.667. The van der Waals surface area contributed by atoms with Gasteiger partial charge in [-0.3, -0.25) is 0 Å². The number of hydrogen-bond acceptors (Lipinski definition) is 2. The number of aryl methyl sites for hydroxylation is 1. The van der Waals surface area contributed by atoms with Crippen molar-refractivity contribution in [1.29, 1.82) is 0 Å². The number of hydrogen-bond donors (Lipinski definition) is 0. The van der Waals surface area contributed by atoms with Gasteiger partial charge in [-0.2, -0.15) is 0 Å². The van der Waals surface area contributed by atoms with E-state index in [0.717, 1.165) is 26.1 Å². The summed E-state index contributed by atoms with van der Waals surface area (Å²) in [5.74, 6) is 1.74. The highest BCUT2D eigenvalue weighted by Crippen LogP contribution is 2.29. The van der Waals surface area contributed by atoms with Crippen molar-refractivity contribution in [2.24, 2.45) is 0 Å². The summed E-state index contributed by atoms with van der Waals surface area (Å²) in [5.41, 5.74) is 1.38. The van der Waals surface area contributed by atoms with Crippen molar-refractivity contribution in [3.05, 3.63) is 23.7 Å². The van der Waals surface area contributed by atoms with E-state index in [1.54, 1.807) is 0 Å². The molecule has 1 saturated heterocycles. The van der Waals surface area contributed by atoms with Gasteiger partial charge < -0.3 is 9.15 Å². The van der Waals surface area contributed by atoms with Gasteiger partial charge in [0.1, 0.15) is 5.76 Å². The third-order valence-corrected chi connectivity index (χ3v) is 2.86. The Morgan fingerprint density at radius 1 is 1.50 bits per heavy atom. The lowest BCUT2D eigenvalue weighted by Gasteiger charge is -2.21. The van der Waals surface area contributed by atoms with Crippen LogP contribution in [0.25, 0.3) is 0 Å². The summed E-state index contributed by atoms with van der Waals surface area (Å²) < 4.78 is 11.0. The molecule has 0 aliphatic carbocycles. The molecule has 1 aliphatic heterocycles. The van der Waals surface area contributed by atoms with E-state index in [9.17, 15) is 0 Å². The molecular formula is C12H18O2. The van der Waals surface area contributed by atoms with Crippen LogP contribution in [0.3, 0.4) is 0 Å². The van der Waals surface area contributed by atoms with E-state index in [1.807, 2.05) is 6.26 Å². The minimum absolute atomic E-state index is 0.573. The second kappa shape index (κ2) is 4.65. The maximum atomic E-state index is 5.50. The molecule has 0 saturated carbocycles. The average Bonchev–Trinajstić information content (AvgIpc) is 2.68. The van der Waals surface area contributed by atoms with Gasteiger partial charge in [0, 0.05) is 18.9 Å². The van der Waals surface area contributed by atoms with Gasteiger partial charge in [0.2, 0.25) is 0 Å². The average molecular weight is 194 g/mol. The standard InChI is InChI=1S/C12H18O2/c1-2-4-12-11(6-8-14-12)10-5-3-7-13-9-10/h6,8,10H,2-5,7,9H2,1H3. The van der Waals surface area contributed by atoms with E-state index in [4.69, 9.17) is 9.15 Å². The fourth-order valence-electron chi connectivity index (χ4n) is 2.13. The predicted octanol–water partition coefficient (Wildman–Crippen LogP) is 3.13.